The van der Waals surface area contributed by atoms with E-state index in [1.54, 1.807) is 19.5 Å². The number of hydrogen-bond acceptors (Lipinski definition) is 7. The van der Waals surface area contributed by atoms with E-state index in [9.17, 15) is 0 Å². The van der Waals surface area contributed by atoms with Gasteiger partial charge in [-0.15, -0.1) is 5.10 Å². The minimum Gasteiger partial charge on any atom is -0.494 e. The van der Waals surface area contributed by atoms with Crippen LogP contribution in [-0.4, -0.2) is 57.9 Å². The highest BCUT2D eigenvalue weighted by molar-refractivity contribution is 5.34. The summed E-state index contributed by atoms with van der Waals surface area (Å²) in [5.74, 6) is 3.46. The Balaban J connectivity index is 1.31. The highest BCUT2D eigenvalue weighted by atomic mass is 16.5. The molecule has 162 valence electrons. The van der Waals surface area contributed by atoms with Crippen LogP contribution < -0.4 is 9.64 Å². The minimum atomic E-state index is 0.208. The fourth-order valence-electron chi connectivity index (χ4n) is 4.98. The Kier molecular flexibility index (Phi) is 5.58. The second-order valence-electron chi connectivity index (χ2n) is 9.14. The molecule has 0 spiro atoms. The van der Waals surface area contributed by atoms with Gasteiger partial charge in [0, 0.05) is 25.9 Å². The van der Waals surface area contributed by atoms with Crippen molar-refractivity contribution in [1.82, 2.24) is 25.0 Å². The third kappa shape index (κ3) is 4.15. The zero-order valence-electron chi connectivity index (χ0n) is 18.0. The van der Waals surface area contributed by atoms with Crippen molar-refractivity contribution >= 4 is 5.95 Å². The monoisotopic (exact) mass is 412 g/mol. The first-order valence-electron chi connectivity index (χ1n) is 11.4. The number of methoxy groups -OCH3 is 1. The standard InChI is InChI=1S/C22H32N6O2/c1-3-4-18-13-28(26-25-18)20-7-16-11-27(22-23-9-19(29-2)10-24-22)12-17(16)8-21(20)30-14-15-5-6-15/h9-10,13,15-17,20-21H,3-8,11-12,14H2,1-2H3/t16-,17+,20-,21-/m1/s1. The molecule has 1 aliphatic heterocycles. The molecule has 5 rings (SSSR count). The van der Waals surface area contributed by atoms with Crippen molar-refractivity contribution in [3.8, 4) is 5.75 Å². The van der Waals surface area contributed by atoms with Crippen molar-refractivity contribution in [1.29, 1.82) is 0 Å². The molecule has 0 aromatic carbocycles. The van der Waals surface area contributed by atoms with Gasteiger partial charge in [-0.3, -0.25) is 0 Å². The van der Waals surface area contributed by atoms with Gasteiger partial charge >= 0.3 is 0 Å². The molecule has 2 aromatic rings. The SMILES string of the molecule is CCCc1cn([C@@H]2C[C@@H]3CN(c4ncc(OC)cn4)C[C@@H]3C[C@H]2OCC2CC2)nn1. The van der Waals surface area contributed by atoms with E-state index in [2.05, 4.69) is 43.0 Å². The average Bonchev–Trinajstić information content (AvgIpc) is 3.33. The summed E-state index contributed by atoms with van der Waals surface area (Å²) in [6.07, 6.45) is 12.7. The van der Waals surface area contributed by atoms with E-state index in [0.29, 0.717) is 17.6 Å². The van der Waals surface area contributed by atoms with Gasteiger partial charge in [-0.1, -0.05) is 18.6 Å². The van der Waals surface area contributed by atoms with Crippen molar-refractivity contribution in [2.24, 2.45) is 17.8 Å². The summed E-state index contributed by atoms with van der Waals surface area (Å²) < 4.78 is 13.8. The average molecular weight is 413 g/mol. The molecule has 2 aliphatic carbocycles. The molecule has 2 aromatic heterocycles. The molecule has 0 radical (unpaired) electrons. The molecular formula is C22H32N6O2. The normalized spacial score (nSPS) is 28.5. The van der Waals surface area contributed by atoms with Crippen LogP contribution in [0.4, 0.5) is 5.95 Å². The summed E-state index contributed by atoms with van der Waals surface area (Å²) in [5, 5.41) is 8.90. The Morgan fingerprint density at radius 3 is 2.57 bits per heavy atom. The van der Waals surface area contributed by atoms with Crippen LogP contribution in [0.3, 0.4) is 0 Å². The number of hydrogen-bond donors (Lipinski definition) is 0. The Morgan fingerprint density at radius 2 is 1.87 bits per heavy atom. The quantitative estimate of drug-likeness (QED) is 0.660. The lowest BCUT2D eigenvalue weighted by Crippen LogP contribution is -2.38. The number of rotatable bonds is 8. The minimum absolute atomic E-state index is 0.208. The van der Waals surface area contributed by atoms with Gasteiger partial charge in [-0.2, -0.15) is 0 Å². The molecule has 2 saturated carbocycles. The van der Waals surface area contributed by atoms with Gasteiger partial charge in [-0.25, -0.2) is 14.6 Å². The van der Waals surface area contributed by atoms with Crippen molar-refractivity contribution in [2.75, 3.05) is 31.7 Å². The molecule has 0 N–H and O–H groups in total. The van der Waals surface area contributed by atoms with E-state index in [1.165, 1.54) is 12.8 Å². The highest BCUT2D eigenvalue weighted by Crippen LogP contribution is 2.43. The van der Waals surface area contributed by atoms with Gasteiger partial charge in [-0.05, 0) is 49.9 Å². The van der Waals surface area contributed by atoms with E-state index >= 15 is 0 Å². The van der Waals surface area contributed by atoms with E-state index in [0.717, 1.165) is 62.9 Å². The largest absolute Gasteiger partial charge is 0.494 e. The van der Waals surface area contributed by atoms with Gasteiger partial charge in [0.25, 0.3) is 0 Å². The molecule has 0 unspecified atom stereocenters. The molecule has 8 heteroatoms. The lowest BCUT2D eigenvalue weighted by Gasteiger charge is -2.37. The third-order valence-electron chi connectivity index (χ3n) is 6.86. The molecule has 4 atom stereocenters. The summed E-state index contributed by atoms with van der Waals surface area (Å²) in [6, 6.07) is 0.264. The van der Waals surface area contributed by atoms with Crippen LogP contribution in [0.5, 0.6) is 5.75 Å². The van der Waals surface area contributed by atoms with Crippen LogP contribution in [0.2, 0.25) is 0 Å². The Morgan fingerprint density at radius 1 is 1.10 bits per heavy atom. The zero-order valence-corrected chi connectivity index (χ0v) is 18.0. The van der Waals surface area contributed by atoms with E-state index in [4.69, 9.17) is 9.47 Å². The second kappa shape index (κ2) is 8.49. The summed E-state index contributed by atoms with van der Waals surface area (Å²) in [6.45, 7) is 5.05. The first-order chi connectivity index (χ1) is 14.7. The summed E-state index contributed by atoms with van der Waals surface area (Å²) >= 11 is 0. The van der Waals surface area contributed by atoms with Gasteiger partial charge < -0.3 is 14.4 Å². The maximum atomic E-state index is 6.47. The summed E-state index contributed by atoms with van der Waals surface area (Å²) in [4.78, 5) is 11.3. The highest BCUT2D eigenvalue weighted by Gasteiger charge is 2.44. The molecule has 8 nitrogen and oxygen atoms in total. The number of ether oxygens (including phenoxy) is 2. The van der Waals surface area contributed by atoms with Crippen LogP contribution in [0.15, 0.2) is 18.6 Å². The van der Waals surface area contributed by atoms with Crippen LogP contribution >= 0.6 is 0 Å². The van der Waals surface area contributed by atoms with Crippen molar-refractivity contribution in [2.45, 2.75) is 57.6 Å². The fourth-order valence-corrected chi connectivity index (χ4v) is 4.98. The smallest absolute Gasteiger partial charge is 0.225 e. The lowest BCUT2D eigenvalue weighted by atomic mass is 9.77. The molecule has 3 heterocycles. The van der Waals surface area contributed by atoms with Crippen molar-refractivity contribution in [3.63, 3.8) is 0 Å². The molecule has 0 bridgehead atoms. The first-order valence-corrected chi connectivity index (χ1v) is 11.4. The number of anilines is 1. The van der Waals surface area contributed by atoms with Crippen LogP contribution in [0, 0.1) is 17.8 Å². The van der Waals surface area contributed by atoms with E-state index in [1.807, 2.05) is 0 Å². The summed E-state index contributed by atoms with van der Waals surface area (Å²) in [5.41, 5.74) is 1.08. The van der Waals surface area contributed by atoms with Crippen LogP contribution in [0.1, 0.15) is 50.8 Å². The van der Waals surface area contributed by atoms with Gasteiger partial charge in [0.15, 0.2) is 5.75 Å². The number of nitrogens with zero attached hydrogens (tertiary/aromatic N) is 6. The van der Waals surface area contributed by atoms with Gasteiger partial charge in [0.05, 0.1) is 37.3 Å². The molecule has 3 aliphatic rings. The van der Waals surface area contributed by atoms with Crippen LogP contribution in [0.25, 0.3) is 0 Å². The van der Waals surface area contributed by atoms with Crippen LogP contribution in [-0.2, 0) is 11.2 Å². The molecular weight excluding hydrogens is 380 g/mol. The fraction of sp³-hybridized carbons (Fsp3) is 0.727. The number of aromatic nitrogens is 5. The van der Waals surface area contributed by atoms with E-state index in [-0.39, 0.29) is 12.1 Å². The third-order valence-corrected chi connectivity index (χ3v) is 6.86. The summed E-state index contributed by atoms with van der Waals surface area (Å²) in [7, 11) is 1.64. The van der Waals surface area contributed by atoms with Gasteiger partial charge in [0.1, 0.15) is 0 Å². The lowest BCUT2D eigenvalue weighted by molar-refractivity contribution is -0.0375. The molecule has 3 fully saturated rings. The topological polar surface area (TPSA) is 78.2 Å². The zero-order chi connectivity index (χ0) is 20.5. The maximum Gasteiger partial charge on any atom is 0.225 e. The molecule has 0 amide bonds. The Bertz CT molecular complexity index is 836. The predicted octanol–water partition coefficient (Wildman–Crippen LogP) is 2.91. The first kappa shape index (κ1) is 19.7. The van der Waals surface area contributed by atoms with Crippen molar-refractivity contribution in [3.05, 3.63) is 24.3 Å². The second-order valence-corrected chi connectivity index (χ2v) is 9.14. The van der Waals surface area contributed by atoms with E-state index < -0.39 is 0 Å². The number of aryl methyl sites for hydroxylation is 1. The maximum absolute atomic E-state index is 6.47. The predicted molar refractivity (Wildman–Crippen MR) is 113 cm³/mol. The van der Waals surface area contributed by atoms with Crippen molar-refractivity contribution < 1.29 is 9.47 Å². The van der Waals surface area contributed by atoms with Gasteiger partial charge in [0.2, 0.25) is 5.95 Å². The molecule has 30 heavy (non-hydrogen) atoms. The Labute approximate surface area is 178 Å². The molecule has 1 saturated heterocycles. The number of fused-ring (bicyclic) bond motifs is 1. The Hall–Kier alpha value is -2.22.